The zero-order valence-corrected chi connectivity index (χ0v) is 13.1. The summed E-state index contributed by atoms with van der Waals surface area (Å²) < 4.78 is 0. The zero-order chi connectivity index (χ0) is 15.3. The normalized spacial score (nSPS) is 25.9. The van der Waals surface area contributed by atoms with Crippen molar-refractivity contribution in [1.82, 2.24) is 10.2 Å². The molecule has 0 aromatic rings. The number of carboxylic acid groups (broad SMARTS) is 1. The summed E-state index contributed by atoms with van der Waals surface area (Å²) in [4.78, 5) is 25.0. The van der Waals surface area contributed by atoms with Crippen LogP contribution in [0.15, 0.2) is 0 Å². The molecule has 1 fully saturated rings. The number of hydrogen-bond acceptors (Lipinski definition) is 2. The number of hydrogen-bond donors (Lipinski definition) is 2. The Hall–Kier alpha value is -1.26. The third kappa shape index (κ3) is 4.69. The maximum atomic E-state index is 12.3. The standard InChI is InChI=1S/C15H28N2O3/c1-5-10(2)8-12(4)16-15(20)17-7-6-11(3)9-13(17)14(18)19/h10-13H,5-9H2,1-4H3,(H,16,20)(H,18,19). The fraction of sp³-hybridized carbons (Fsp3) is 0.867. The first-order valence-corrected chi connectivity index (χ1v) is 7.65. The van der Waals surface area contributed by atoms with Gasteiger partial charge in [-0.15, -0.1) is 0 Å². The summed E-state index contributed by atoms with van der Waals surface area (Å²) in [7, 11) is 0. The van der Waals surface area contributed by atoms with E-state index in [1.165, 1.54) is 4.90 Å². The highest BCUT2D eigenvalue weighted by atomic mass is 16.4. The molecule has 0 saturated carbocycles. The molecule has 1 saturated heterocycles. The van der Waals surface area contributed by atoms with Crippen molar-refractivity contribution in [1.29, 1.82) is 0 Å². The lowest BCUT2D eigenvalue weighted by molar-refractivity contribution is -0.143. The van der Waals surface area contributed by atoms with Crippen molar-refractivity contribution in [2.75, 3.05) is 6.54 Å². The highest BCUT2D eigenvalue weighted by molar-refractivity contribution is 5.83. The highest BCUT2D eigenvalue weighted by Crippen LogP contribution is 2.23. The van der Waals surface area contributed by atoms with Crippen molar-refractivity contribution in [3.8, 4) is 0 Å². The van der Waals surface area contributed by atoms with Gasteiger partial charge < -0.3 is 15.3 Å². The van der Waals surface area contributed by atoms with Crippen LogP contribution in [0.3, 0.4) is 0 Å². The second-order valence-corrected chi connectivity index (χ2v) is 6.28. The van der Waals surface area contributed by atoms with Gasteiger partial charge in [0.05, 0.1) is 0 Å². The number of amides is 2. The Morgan fingerprint density at radius 3 is 2.60 bits per heavy atom. The molecule has 2 N–H and O–H groups in total. The van der Waals surface area contributed by atoms with Crippen LogP contribution in [0.1, 0.15) is 53.4 Å². The van der Waals surface area contributed by atoms with Gasteiger partial charge >= 0.3 is 12.0 Å². The molecule has 0 aliphatic carbocycles. The lowest BCUT2D eigenvalue weighted by Gasteiger charge is -2.36. The van der Waals surface area contributed by atoms with Crippen molar-refractivity contribution in [3.63, 3.8) is 0 Å². The molecule has 5 nitrogen and oxygen atoms in total. The Labute approximate surface area is 121 Å². The molecule has 116 valence electrons. The van der Waals surface area contributed by atoms with Gasteiger partial charge in [0.2, 0.25) is 0 Å². The molecule has 0 aromatic heterocycles. The lowest BCUT2D eigenvalue weighted by Crippen LogP contribution is -2.54. The average Bonchev–Trinajstić information content (AvgIpc) is 2.37. The molecule has 4 unspecified atom stereocenters. The molecule has 2 amide bonds. The summed E-state index contributed by atoms with van der Waals surface area (Å²) in [6.07, 6.45) is 3.42. The van der Waals surface area contributed by atoms with Gasteiger partial charge in [0.15, 0.2) is 0 Å². The van der Waals surface area contributed by atoms with E-state index in [4.69, 9.17) is 0 Å². The van der Waals surface area contributed by atoms with Crippen molar-refractivity contribution >= 4 is 12.0 Å². The second-order valence-electron chi connectivity index (χ2n) is 6.28. The van der Waals surface area contributed by atoms with Gasteiger partial charge in [-0.25, -0.2) is 9.59 Å². The van der Waals surface area contributed by atoms with E-state index in [0.29, 0.717) is 24.8 Å². The highest BCUT2D eigenvalue weighted by Gasteiger charge is 2.35. The molecule has 0 bridgehead atoms. The number of piperidine rings is 1. The number of aliphatic carboxylic acids is 1. The molecule has 1 heterocycles. The molecule has 1 aliphatic heterocycles. The number of carboxylic acids is 1. The zero-order valence-electron chi connectivity index (χ0n) is 13.1. The first kappa shape index (κ1) is 16.8. The summed E-state index contributed by atoms with van der Waals surface area (Å²) in [6, 6.07) is -0.846. The van der Waals surface area contributed by atoms with E-state index in [0.717, 1.165) is 19.3 Å². The van der Waals surface area contributed by atoms with Crippen LogP contribution in [0.2, 0.25) is 0 Å². The van der Waals surface area contributed by atoms with Gasteiger partial charge in [-0.1, -0.05) is 27.2 Å². The number of likely N-dealkylation sites (tertiary alicyclic amines) is 1. The van der Waals surface area contributed by atoms with E-state index in [-0.39, 0.29) is 12.1 Å². The summed E-state index contributed by atoms with van der Waals surface area (Å²) in [5, 5.41) is 12.2. The first-order chi connectivity index (χ1) is 9.35. The van der Waals surface area contributed by atoms with Crippen LogP contribution in [0, 0.1) is 11.8 Å². The number of nitrogens with zero attached hydrogens (tertiary/aromatic N) is 1. The van der Waals surface area contributed by atoms with Gasteiger partial charge in [-0.2, -0.15) is 0 Å². The van der Waals surface area contributed by atoms with Gasteiger partial charge in [-0.05, 0) is 38.0 Å². The molecule has 0 radical (unpaired) electrons. The van der Waals surface area contributed by atoms with Crippen LogP contribution in [0.4, 0.5) is 4.79 Å². The average molecular weight is 284 g/mol. The Balaban J connectivity index is 2.58. The number of nitrogens with one attached hydrogen (secondary N) is 1. The van der Waals surface area contributed by atoms with Crippen molar-refractivity contribution in [2.45, 2.75) is 65.5 Å². The monoisotopic (exact) mass is 284 g/mol. The molecule has 0 spiro atoms. The van der Waals surface area contributed by atoms with E-state index < -0.39 is 12.0 Å². The number of carbonyl (C=O) groups is 2. The largest absolute Gasteiger partial charge is 0.480 e. The van der Waals surface area contributed by atoms with Crippen LogP contribution in [0.25, 0.3) is 0 Å². The maximum Gasteiger partial charge on any atom is 0.326 e. The van der Waals surface area contributed by atoms with Crippen LogP contribution in [-0.4, -0.2) is 40.6 Å². The third-order valence-electron chi connectivity index (χ3n) is 4.23. The Morgan fingerprint density at radius 2 is 2.05 bits per heavy atom. The van der Waals surface area contributed by atoms with Crippen molar-refractivity contribution < 1.29 is 14.7 Å². The Morgan fingerprint density at radius 1 is 1.40 bits per heavy atom. The molecule has 1 aliphatic rings. The van der Waals surface area contributed by atoms with Gasteiger partial charge in [0, 0.05) is 12.6 Å². The number of carbonyl (C=O) groups excluding carboxylic acids is 1. The van der Waals surface area contributed by atoms with E-state index in [2.05, 4.69) is 19.2 Å². The Kier molecular flexibility index (Phi) is 6.30. The Bertz CT molecular complexity index is 346. The molecular weight excluding hydrogens is 256 g/mol. The third-order valence-corrected chi connectivity index (χ3v) is 4.23. The van der Waals surface area contributed by atoms with E-state index in [1.54, 1.807) is 0 Å². The van der Waals surface area contributed by atoms with Crippen LogP contribution in [0.5, 0.6) is 0 Å². The minimum Gasteiger partial charge on any atom is -0.480 e. The quantitative estimate of drug-likeness (QED) is 0.815. The van der Waals surface area contributed by atoms with Gasteiger partial charge in [0.25, 0.3) is 0 Å². The molecule has 20 heavy (non-hydrogen) atoms. The molecular formula is C15H28N2O3. The van der Waals surface area contributed by atoms with E-state index in [1.807, 2.05) is 13.8 Å². The number of rotatable bonds is 5. The van der Waals surface area contributed by atoms with Gasteiger partial charge in [-0.3, -0.25) is 0 Å². The van der Waals surface area contributed by atoms with E-state index >= 15 is 0 Å². The maximum absolute atomic E-state index is 12.3. The van der Waals surface area contributed by atoms with Crippen LogP contribution >= 0.6 is 0 Å². The smallest absolute Gasteiger partial charge is 0.326 e. The van der Waals surface area contributed by atoms with Crippen molar-refractivity contribution in [3.05, 3.63) is 0 Å². The van der Waals surface area contributed by atoms with E-state index in [9.17, 15) is 14.7 Å². The van der Waals surface area contributed by atoms with Gasteiger partial charge in [0.1, 0.15) is 6.04 Å². The fourth-order valence-corrected chi connectivity index (χ4v) is 2.74. The summed E-state index contributed by atoms with van der Waals surface area (Å²) >= 11 is 0. The molecule has 5 heteroatoms. The minimum absolute atomic E-state index is 0.0752. The van der Waals surface area contributed by atoms with Crippen LogP contribution < -0.4 is 5.32 Å². The first-order valence-electron chi connectivity index (χ1n) is 7.65. The summed E-state index contributed by atoms with van der Waals surface area (Å²) in [5.74, 6) is 0.0147. The predicted molar refractivity (Wildman–Crippen MR) is 78.6 cm³/mol. The summed E-state index contributed by atoms with van der Waals surface area (Å²) in [6.45, 7) is 8.83. The van der Waals surface area contributed by atoms with Crippen molar-refractivity contribution in [2.24, 2.45) is 11.8 Å². The predicted octanol–water partition coefficient (Wildman–Crippen LogP) is 2.71. The SMILES string of the molecule is CCC(C)CC(C)NC(=O)N1CCC(C)CC1C(=O)O. The fourth-order valence-electron chi connectivity index (χ4n) is 2.74. The number of urea groups is 1. The molecule has 1 rings (SSSR count). The minimum atomic E-state index is -0.902. The second kappa shape index (κ2) is 7.50. The molecule has 4 atom stereocenters. The topological polar surface area (TPSA) is 69.6 Å². The van der Waals surface area contributed by atoms with Crippen LogP contribution in [-0.2, 0) is 4.79 Å². The summed E-state index contributed by atoms with van der Waals surface area (Å²) in [5.41, 5.74) is 0. The molecule has 0 aromatic carbocycles. The lowest BCUT2D eigenvalue weighted by atomic mass is 9.92.